The maximum atomic E-state index is 12.3. The number of aromatic nitrogens is 2. The lowest BCUT2D eigenvalue weighted by Crippen LogP contribution is -2.34. The average Bonchev–Trinajstić information content (AvgIpc) is 2.85. The highest BCUT2D eigenvalue weighted by Crippen LogP contribution is 2.23. The summed E-state index contributed by atoms with van der Waals surface area (Å²) in [7, 11) is 0. The smallest absolute Gasteiger partial charge is 0.270 e. The molecule has 4 rings (SSSR count). The molecule has 32 heavy (non-hydrogen) atoms. The average molecular weight is 428 g/mol. The topological polar surface area (TPSA) is 117 Å². The molecule has 0 radical (unpaired) electrons. The number of nitriles is 1. The van der Waals surface area contributed by atoms with Crippen molar-refractivity contribution in [2.24, 2.45) is 11.0 Å². The van der Waals surface area contributed by atoms with Crippen LogP contribution in [0, 0.1) is 17.2 Å². The Labute approximate surface area is 185 Å². The Morgan fingerprint density at radius 3 is 2.56 bits per heavy atom. The molecule has 1 aromatic heterocycles. The molecule has 3 N–H and O–H groups in total. The molecule has 1 fully saturated rings. The first-order valence-corrected chi connectivity index (χ1v) is 10.5. The number of nitrogens with zero attached hydrogens (tertiary/aromatic N) is 4. The molecule has 2 heterocycles. The lowest BCUT2D eigenvalue weighted by Gasteiger charge is -2.32. The zero-order valence-electron chi connectivity index (χ0n) is 17.5. The Morgan fingerprint density at radius 2 is 1.91 bits per heavy atom. The number of benzene rings is 2. The second kappa shape index (κ2) is 9.90. The zero-order chi connectivity index (χ0) is 22.3. The molecule has 0 bridgehead atoms. The van der Waals surface area contributed by atoms with Crippen molar-refractivity contribution in [3.05, 3.63) is 76.1 Å². The number of piperidine rings is 1. The quantitative estimate of drug-likeness (QED) is 0.410. The van der Waals surface area contributed by atoms with Crippen LogP contribution in [0.5, 0.6) is 0 Å². The van der Waals surface area contributed by atoms with Gasteiger partial charge >= 0.3 is 0 Å². The third-order valence-electron chi connectivity index (χ3n) is 5.59. The number of aliphatic hydroxyl groups is 1. The van der Waals surface area contributed by atoms with Gasteiger partial charge in [-0.2, -0.15) is 10.4 Å². The van der Waals surface area contributed by atoms with Crippen LogP contribution in [0.4, 0.5) is 11.6 Å². The molecule has 0 spiro atoms. The molecule has 0 amide bonds. The summed E-state index contributed by atoms with van der Waals surface area (Å²) in [6.07, 6.45) is 3.65. The Hall–Kier alpha value is -3.96. The first-order valence-electron chi connectivity index (χ1n) is 10.5. The van der Waals surface area contributed by atoms with Gasteiger partial charge in [-0.05, 0) is 36.5 Å². The van der Waals surface area contributed by atoms with Gasteiger partial charge in [0, 0.05) is 30.9 Å². The lowest BCUT2D eigenvalue weighted by atomic mass is 9.97. The highest BCUT2D eigenvalue weighted by molar-refractivity contribution is 5.81. The summed E-state index contributed by atoms with van der Waals surface area (Å²) < 4.78 is 0. The maximum Gasteiger partial charge on any atom is 0.270 e. The number of rotatable bonds is 6. The summed E-state index contributed by atoms with van der Waals surface area (Å²) in [5.74, 6) is 0.570. The van der Waals surface area contributed by atoms with Crippen LogP contribution < -0.4 is 15.9 Å². The van der Waals surface area contributed by atoms with Gasteiger partial charge < -0.3 is 10.0 Å². The molecular formula is C24H24N6O2. The third kappa shape index (κ3) is 4.85. The molecule has 0 unspecified atom stereocenters. The number of H-pyrrole nitrogens is 1. The Kier molecular flexibility index (Phi) is 6.58. The fourth-order valence-corrected chi connectivity index (χ4v) is 3.75. The summed E-state index contributed by atoms with van der Waals surface area (Å²) in [4.78, 5) is 21.5. The molecular weight excluding hydrogens is 404 g/mol. The largest absolute Gasteiger partial charge is 0.396 e. The van der Waals surface area contributed by atoms with E-state index in [1.165, 1.54) is 0 Å². The molecule has 3 aromatic rings. The minimum absolute atomic E-state index is 0.0376. The van der Waals surface area contributed by atoms with Crippen molar-refractivity contribution in [1.82, 2.24) is 9.97 Å². The predicted molar refractivity (Wildman–Crippen MR) is 125 cm³/mol. The van der Waals surface area contributed by atoms with Gasteiger partial charge in [0.05, 0.1) is 11.9 Å². The van der Waals surface area contributed by atoms with Crippen molar-refractivity contribution < 1.29 is 5.11 Å². The highest BCUT2D eigenvalue weighted by atomic mass is 16.3. The van der Waals surface area contributed by atoms with Crippen molar-refractivity contribution in [3.8, 4) is 17.3 Å². The van der Waals surface area contributed by atoms with Crippen LogP contribution in [0.3, 0.4) is 0 Å². The fraction of sp³-hybridized carbons (Fsp3) is 0.250. The van der Waals surface area contributed by atoms with Crippen LogP contribution >= 0.6 is 0 Å². The van der Waals surface area contributed by atoms with Crippen molar-refractivity contribution >= 4 is 17.9 Å². The Balaban J connectivity index is 1.45. The summed E-state index contributed by atoms with van der Waals surface area (Å²) in [5, 5.41) is 22.8. The van der Waals surface area contributed by atoms with Crippen LogP contribution in [0.25, 0.3) is 11.3 Å². The van der Waals surface area contributed by atoms with Crippen LogP contribution in [-0.4, -0.2) is 41.0 Å². The van der Waals surface area contributed by atoms with Crippen molar-refractivity contribution in [2.75, 3.05) is 30.0 Å². The normalized spacial score (nSPS) is 14.4. The van der Waals surface area contributed by atoms with Crippen molar-refractivity contribution in [2.45, 2.75) is 12.8 Å². The molecule has 8 heteroatoms. The summed E-state index contributed by atoms with van der Waals surface area (Å²) in [6, 6.07) is 19.1. The number of aliphatic hydroxyl groups excluding tert-OH is 1. The molecule has 162 valence electrons. The zero-order valence-corrected chi connectivity index (χ0v) is 17.5. The van der Waals surface area contributed by atoms with Crippen LogP contribution in [-0.2, 0) is 0 Å². The predicted octanol–water partition coefficient (Wildman–Crippen LogP) is 2.96. The highest BCUT2D eigenvalue weighted by Gasteiger charge is 2.18. The summed E-state index contributed by atoms with van der Waals surface area (Å²) in [6.45, 7) is 2.16. The minimum Gasteiger partial charge on any atom is -0.396 e. The van der Waals surface area contributed by atoms with E-state index in [1.54, 1.807) is 18.3 Å². The van der Waals surface area contributed by atoms with Gasteiger partial charge in [-0.25, -0.2) is 10.4 Å². The summed E-state index contributed by atoms with van der Waals surface area (Å²) in [5.41, 5.74) is 5.22. The van der Waals surface area contributed by atoms with E-state index in [2.05, 4.69) is 37.5 Å². The molecule has 1 aliphatic heterocycles. The fourth-order valence-electron chi connectivity index (χ4n) is 3.75. The van der Waals surface area contributed by atoms with E-state index >= 15 is 0 Å². The van der Waals surface area contributed by atoms with E-state index in [1.807, 2.05) is 36.4 Å². The minimum atomic E-state index is -0.520. The second-order valence-electron chi connectivity index (χ2n) is 7.69. The number of hydrazone groups is 1. The molecule has 0 atom stereocenters. The Morgan fingerprint density at radius 1 is 1.19 bits per heavy atom. The van der Waals surface area contributed by atoms with Gasteiger partial charge in [-0.15, -0.1) is 0 Å². The molecule has 1 saturated heterocycles. The molecule has 0 saturated carbocycles. The van der Waals surface area contributed by atoms with Gasteiger partial charge in [-0.1, -0.05) is 42.5 Å². The third-order valence-corrected chi connectivity index (χ3v) is 5.59. The number of anilines is 2. The van der Waals surface area contributed by atoms with Gasteiger partial charge in [0.1, 0.15) is 11.6 Å². The van der Waals surface area contributed by atoms with Crippen molar-refractivity contribution in [1.29, 1.82) is 5.26 Å². The van der Waals surface area contributed by atoms with Gasteiger partial charge in [-0.3, -0.25) is 9.78 Å². The first-order chi connectivity index (χ1) is 15.7. The number of hydrogen-bond acceptors (Lipinski definition) is 7. The number of hydrogen-bond donors (Lipinski definition) is 3. The van der Waals surface area contributed by atoms with Crippen LogP contribution in [0.2, 0.25) is 0 Å². The second-order valence-corrected chi connectivity index (χ2v) is 7.69. The Bertz CT molecular complexity index is 1170. The number of aromatic amines is 1. The van der Waals surface area contributed by atoms with E-state index in [-0.39, 0.29) is 18.1 Å². The standard InChI is InChI=1S/C24H24N6O2/c25-14-21-22(19-4-2-1-3-5-19)27-24(28-23(21)32)29-26-15-17-6-8-20(9-7-17)30-12-10-18(16-31)11-13-30/h1-9,15,18,31H,10-13,16H2,(H2,27,28,29,32). The van der Waals surface area contributed by atoms with Gasteiger partial charge in [0.25, 0.3) is 5.56 Å². The van der Waals surface area contributed by atoms with Gasteiger partial charge in [0.15, 0.2) is 0 Å². The van der Waals surface area contributed by atoms with E-state index < -0.39 is 5.56 Å². The van der Waals surface area contributed by atoms with E-state index in [4.69, 9.17) is 0 Å². The maximum absolute atomic E-state index is 12.3. The van der Waals surface area contributed by atoms with Crippen LogP contribution in [0.15, 0.2) is 64.5 Å². The van der Waals surface area contributed by atoms with E-state index in [0.29, 0.717) is 17.2 Å². The molecule has 8 nitrogen and oxygen atoms in total. The first kappa shape index (κ1) is 21.3. The van der Waals surface area contributed by atoms with E-state index in [0.717, 1.165) is 37.2 Å². The van der Waals surface area contributed by atoms with Gasteiger partial charge in [0.2, 0.25) is 5.95 Å². The SMILES string of the molecule is N#Cc1c(-c2ccccc2)nc(NN=Cc2ccc(N3CCC(CO)CC3)cc2)[nH]c1=O. The number of nitrogens with one attached hydrogen (secondary N) is 2. The monoisotopic (exact) mass is 428 g/mol. The van der Waals surface area contributed by atoms with Crippen molar-refractivity contribution in [3.63, 3.8) is 0 Å². The van der Waals surface area contributed by atoms with E-state index in [9.17, 15) is 15.2 Å². The summed E-state index contributed by atoms with van der Waals surface area (Å²) >= 11 is 0. The van der Waals surface area contributed by atoms with Crippen LogP contribution in [0.1, 0.15) is 24.0 Å². The molecule has 1 aliphatic rings. The molecule has 0 aliphatic carbocycles. The molecule has 2 aromatic carbocycles. The lowest BCUT2D eigenvalue weighted by molar-refractivity contribution is 0.203.